The highest BCUT2D eigenvalue weighted by Crippen LogP contribution is 2.34. The Morgan fingerprint density at radius 3 is 2.68 bits per heavy atom. The third-order valence-electron chi connectivity index (χ3n) is 4.80. The van der Waals surface area contributed by atoms with Gasteiger partial charge < -0.3 is 9.57 Å². The summed E-state index contributed by atoms with van der Waals surface area (Å²) >= 11 is 1.15. The molecular weight excluding hydrogens is 393 g/mol. The van der Waals surface area contributed by atoms with Crippen LogP contribution in [0.1, 0.15) is 58.7 Å². The zero-order valence-electron chi connectivity index (χ0n) is 15.1. The van der Waals surface area contributed by atoms with Crippen molar-refractivity contribution in [3.8, 4) is 5.75 Å². The van der Waals surface area contributed by atoms with Gasteiger partial charge in [0.2, 0.25) is 0 Å². The predicted molar refractivity (Wildman–Crippen MR) is 98.0 cm³/mol. The Balaban J connectivity index is 1.80. The minimum atomic E-state index is -4.45. The minimum absolute atomic E-state index is 0.0270. The van der Waals surface area contributed by atoms with Crippen molar-refractivity contribution < 1.29 is 27.5 Å². The van der Waals surface area contributed by atoms with Crippen molar-refractivity contribution >= 4 is 17.3 Å². The van der Waals surface area contributed by atoms with E-state index in [-0.39, 0.29) is 12.1 Å². The highest BCUT2D eigenvalue weighted by molar-refractivity contribution is 7.09. The van der Waals surface area contributed by atoms with E-state index in [1.54, 1.807) is 0 Å². The van der Waals surface area contributed by atoms with Gasteiger partial charge in [0.15, 0.2) is 5.69 Å². The van der Waals surface area contributed by atoms with Crippen LogP contribution in [-0.4, -0.2) is 17.6 Å². The van der Waals surface area contributed by atoms with E-state index in [4.69, 9.17) is 10.6 Å². The second-order valence-electron chi connectivity index (χ2n) is 6.84. The van der Waals surface area contributed by atoms with E-state index in [9.17, 15) is 18.0 Å². The van der Waals surface area contributed by atoms with Gasteiger partial charge in [0, 0.05) is 17.4 Å². The maximum absolute atomic E-state index is 13.1. The summed E-state index contributed by atoms with van der Waals surface area (Å²) in [4.78, 5) is 19.6. The molecule has 2 aromatic rings. The van der Waals surface area contributed by atoms with Gasteiger partial charge in [-0.2, -0.15) is 19.1 Å². The number of carbonyl (C=O) groups excluding carboxylic acids is 1. The molecule has 1 aromatic carbocycles. The maximum atomic E-state index is 13.1. The van der Waals surface area contributed by atoms with E-state index in [2.05, 4.69) is 9.82 Å². The summed E-state index contributed by atoms with van der Waals surface area (Å²) in [5, 5.41) is 1.93. The summed E-state index contributed by atoms with van der Waals surface area (Å²) in [6, 6.07) is 3.47. The lowest BCUT2D eigenvalue weighted by Crippen LogP contribution is -2.16. The number of rotatable bonds is 6. The van der Waals surface area contributed by atoms with Gasteiger partial charge in [-0.25, -0.2) is 9.78 Å². The molecule has 152 valence electrons. The van der Waals surface area contributed by atoms with Crippen molar-refractivity contribution in [3.63, 3.8) is 0 Å². The van der Waals surface area contributed by atoms with Gasteiger partial charge in [0.25, 0.3) is 0 Å². The summed E-state index contributed by atoms with van der Waals surface area (Å²) in [7, 11) is 0. The van der Waals surface area contributed by atoms with Gasteiger partial charge in [-0.1, -0.05) is 19.3 Å². The Labute approximate surface area is 164 Å². The molecule has 1 saturated carbocycles. The quantitative estimate of drug-likeness (QED) is 0.691. The first-order valence-corrected chi connectivity index (χ1v) is 9.93. The van der Waals surface area contributed by atoms with E-state index < -0.39 is 17.7 Å². The van der Waals surface area contributed by atoms with Crippen molar-refractivity contribution in [1.82, 2.24) is 4.98 Å². The number of nitrogens with zero attached hydrogens (tertiary/aromatic N) is 1. The average molecular weight is 414 g/mol. The Hall–Kier alpha value is -2.13. The van der Waals surface area contributed by atoms with E-state index >= 15 is 0 Å². The molecule has 1 fully saturated rings. The van der Waals surface area contributed by atoms with Crippen LogP contribution >= 0.6 is 11.3 Å². The van der Waals surface area contributed by atoms with Gasteiger partial charge in [0.1, 0.15) is 5.75 Å². The largest absolute Gasteiger partial charge is 0.493 e. The molecular formula is C19H21F3N2O3S. The van der Waals surface area contributed by atoms with Crippen LogP contribution in [0.15, 0.2) is 23.6 Å². The van der Waals surface area contributed by atoms with E-state index in [1.165, 1.54) is 17.9 Å². The zero-order chi connectivity index (χ0) is 20.1. The second-order valence-corrected chi connectivity index (χ2v) is 7.79. The van der Waals surface area contributed by atoms with Crippen LogP contribution in [0.4, 0.5) is 13.2 Å². The smallest absolute Gasteiger partial charge is 0.416 e. The molecule has 2 N–H and O–H groups in total. The second kappa shape index (κ2) is 8.91. The van der Waals surface area contributed by atoms with Crippen LogP contribution < -0.4 is 10.6 Å². The molecule has 28 heavy (non-hydrogen) atoms. The molecule has 3 rings (SSSR count). The molecule has 0 bridgehead atoms. The lowest BCUT2D eigenvalue weighted by Gasteiger charge is -2.22. The van der Waals surface area contributed by atoms with Crippen LogP contribution in [0.5, 0.6) is 5.75 Å². The number of thiazole rings is 1. The van der Waals surface area contributed by atoms with E-state index in [0.29, 0.717) is 28.8 Å². The molecule has 1 aromatic heterocycles. The molecule has 9 heteroatoms. The van der Waals surface area contributed by atoms with Crippen molar-refractivity contribution in [2.45, 2.75) is 44.7 Å². The third-order valence-corrected chi connectivity index (χ3v) is 5.65. The van der Waals surface area contributed by atoms with Crippen LogP contribution in [0.25, 0.3) is 0 Å². The SMILES string of the molecule is NOC(=O)c1csc(Cc2cc(C(F)(F)F)ccc2OCC2CCCCC2)n1. The Morgan fingerprint density at radius 2 is 2.00 bits per heavy atom. The number of alkyl halides is 3. The third kappa shape index (κ3) is 5.23. The first kappa shape index (κ1) is 20.6. The summed E-state index contributed by atoms with van der Waals surface area (Å²) < 4.78 is 45.3. The fourth-order valence-electron chi connectivity index (χ4n) is 3.31. The van der Waals surface area contributed by atoms with Crippen LogP contribution in [0, 0.1) is 5.92 Å². The Kier molecular flexibility index (Phi) is 6.56. The van der Waals surface area contributed by atoms with Crippen LogP contribution in [-0.2, 0) is 17.4 Å². The molecule has 0 spiro atoms. The van der Waals surface area contributed by atoms with E-state index in [1.807, 2.05) is 0 Å². The Bertz CT molecular complexity index is 817. The van der Waals surface area contributed by atoms with Crippen molar-refractivity contribution in [1.29, 1.82) is 0 Å². The highest BCUT2D eigenvalue weighted by atomic mass is 32.1. The number of halogens is 3. The highest BCUT2D eigenvalue weighted by Gasteiger charge is 2.31. The number of hydrogen-bond donors (Lipinski definition) is 1. The van der Waals surface area contributed by atoms with Gasteiger partial charge in [-0.05, 0) is 37.0 Å². The average Bonchev–Trinajstić information content (AvgIpc) is 3.15. The Morgan fingerprint density at radius 1 is 1.25 bits per heavy atom. The molecule has 0 radical (unpaired) electrons. The van der Waals surface area contributed by atoms with Crippen molar-refractivity contribution in [2.75, 3.05) is 6.61 Å². The summed E-state index contributed by atoms with van der Waals surface area (Å²) in [5.41, 5.74) is -0.336. The van der Waals surface area contributed by atoms with Gasteiger partial charge in [-0.15, -0.1) is 11.3 Å². The minimum Gasteiger partial charge on any atom is -0.493 e. The summed E-state index contributed by atoms with van der Waals surface area (Å²) in [6.07, 6.45) is 1.36. The normalized spacial score (nSPS) is 15.4. The number of hydrogen-bond acceptors (Lipinski definition) is 6. The monoisotopic (exact) mass is 414 g/mol. The number of nitrogens with two attached hydrogens (primary N) is 1. The van der Waals surface area contributed by atoms with Crippen LogP contribution in [0.3, 0.4) is 0 Å². The first-order chi connectivity index (χ1) is 13.4. The number of ether oxygens (including phenoxy) is 1. The molecule has 0 amide bonds. The molecule has 0 atom stereocenters. The topological polar surface area (TPSA) is 74.4 Å². The van der Waals surface area contributed by atoms with E-state index in [0.717, 1.165) is 49.2 Å². The van der Waals surface area contributed by atoms with Gasteiger partial charge in [0.05, 0.1) is 17.2 Å². The molecule has 0 aliphatic heterocycles. The standard InChI is InChI=1S/C19H21F3N2O3S/c20-19(21,22)14-6-7-16(26-10-12-4-2-1-3-5-12)13(8-14)9-17-24-15(11-28-17)18(25)27-23/h6-8,11-12H,1-5,9-10,23H2. The fraction of sp³-hybridized carbons (Fsp3) is 0.474. The number of aromatic nitrogens is 1. The summed E-state index contributed by atoms with van der Waals surface area (Å²) in [5.74, 6) is 4.89. The zero-order valence-corrected chi connectivity index (χ0v) is 15.9. The maximum Gasteiger partial charge on any atom is 0.416 e. The molecule has 1 aliphatic carbocycles. The molecule has 0 unspecified atom stereocenters. The van der Waals surface area contributed by atoms with Crippen molar-refractivity contribution in [3.05, 3.63) is 45.4 Å². The van der Waals surface area contributed by atoms with Crippen LogP contribution in [0.2, 0.25) is 0 Å². The molecule has 5 nitrogen and oxygen atoms in total. The fourth-order valence-corrected chi connectivity index (χ4v) is 4.09. The molecule has 1 aliphatic rings. The van der Waals surface area contributed by atoms with Crippen molar-refractivity contribution in [2.24, 2.45) is 11.8 Å². The molecule has 1 heterocycles. The predicted octanol–water partition coefficient (Wildman–Crippen LogP) is 4.74. The first-order valence-electron chi connectivity index (χ1n) is 9.05. The lowest BCUT2D eigenvalue weighted by molar-refractivity contribution is -0.137. The van der Waals surface area contributed by atoms with Gasteiger partial charge in [-0.3, -0.25) is 0 Å². The lowest BCUT2D eigenvalue weighted by atomic mass is 9.90. The number of carbonyl (C=O) groups is 1. The number of benzene rings is 1. The van der Waals surface area contributed by atoms with Gasteiger partial charge >= 0.3 is 12.1 Å². The summed E-state index contributed by atoms with van der Waals surface area (Å²) in [6.45, 7) is 0.487. The molecule has 0 saturated heterocycles.